The van der Waals surface area contributed by atoms with Crippen LogP contribution in [0.15, 0.2) is 140 Å². The topological polar surface area (TPSA) is 62.6 Å². The lowest BCUT2D eigenvalue weighted by atomic mass is 9.88. The van der Waals surface area contributed by atoms with Crippen LogP contribution in [0.2, 0.25) is 0 Å². The minimum atomic E-state index is -2.12. The molecular formula is C43H42F2N2O4Si. The number of carbonyl (C=O) groups excluding carboxylic acids is 1. The molecule has 266 valence electrons. The van der Waals surface area contributed by atoms with E-state index >= 15 is 0 Å². The predicted octanol–water partition coefficient (Wildman–Crippen LogP) is 8.06. The normalized spacial score (nSPS) is 12.8. The molecule has 0 saturated carbocycles. The Hall–Kier alpha value is -5.22. The van der Waals surface area contributed by atoms with E-state index in [1.54, 1.807) is 42.6 Å². The molecule has 2 atom stereocenters. The molecule has 9 heteroatoms. The number of carbonyl (C=O) groups is 1. The van der Waals surface area contributed by atoms with Gasteiger partial charge in [-0.2, -0.15) is 0 Å². The van der Waals surface area contributed by atoms with Crippen LogP contribution in [0, 0.1) is 17.0 Å². The number of rotatable bonds is 13. The Kier molecular flexibility index (Phi) is 11.5. The van der Waals surface area contributed by atoms with Crippen molar-refractivity contribution in [2.75, 3.05) is 13.7 Å². The van der Waals surface area contributed by atoms with Gasteiger partial charge in [-0.3, -0.25) is 0 Å². The lowest BCUT2D eigenvalue weighted by Gasteiger charge is -2.34. The highest BCUT2D eigenvalue weighted by molar-refractivity contribution is 6.80. The van der Waals surface area contributed by atoms with Gasteiger partial charge in [-0.25, -0.2) is 18.6 Å². The molecule has 0 aliphatic carbocycles. The number of nitrogens with zero attached hydrogens (tertiary/aromatic N) is 2. The Morgan fingerprint density at radius 3 is 1.94 bits per heavy atom. The molecule has 0 fully saturated rings. The van der Waals surface area contributed by atoms with Crippen LogP contribution in [0.1, 0.15) is 60.3 Å². The number of imidazole rings is 1. The van der Waals surface area contributed by atoms with Crippen LogP contribution in [0.5, 0.6) is 0 Å². The second-order valence-corrected chi connectivity index (χ2v) is 16.0. The Morgan fingerprint density at radius 2 is 1.37 bits per heavy atom. The standard InChI is InChI=1S/C43H42F2N2O4Si/c1-43(2,3)40(51-52(35-11-7-5-8-12-35)36-13-9-6-10-14-36)41-46-25-26-47(41)27-28-50-39(31-17-22-34(45)23-18-31)32-19-24-37(42(48)49-4)38(29-32)30-15-20-33(44)21-16-30/h5-26,29,39-40,52H,27-28H2,1-4H3. The molecule has 6 nitrogen and oxygen atoms in total. The van der Waals surface area contributed by atoms with E-state index in [-0.39, 0.29) is 29.8 Å². The van der Waals surface area contributed by atoms with Crippen LogP contribution < -0.4 is 10.4 Å². The molecule has 0 amide bonds. The summed E-state index contributed by atoms with van der Waals surface area (Å²) in [6, 6.07) is 38.2. The molecule has 0 aliphatic heterocycles. The number of aromatic nitrogens is 2. The van der Waals surface area contributed by atoms with Crippen molar-refractivity contribution in [3.63, 3.8) is 0 Å². The van der Waals surface area contributed by atoms with Crippen molar-refractivity contribution in [3.8, 4) is 11.1 Å². The fraction of sp³-hybridized carbons (Fsp3) is 0.209. The average Bonchev–Trinajstić information content (AvgIpc) is 3.62. The van der Waals surface area contributed by atoms with Gasteiger partial charge in [-0.15, -0.1) is 0 Å². The second-order valence-electron chi connectivity index (χ2n) is 13.7. The number of halogens is 2. The van der Waals surface area contributed by atoms with Gasteiger partial charge in [-0.1, -0.05) is 112 Å². The zero-order valence-corrected chi connectivity index (χ0v) is 30.9. The van der Waals surface area contributed by atoms with Gasteiger partial charge in [-0.05, 0) is 74.4 Å². The van der Waals surface area contributed by atoms with Gasteiger partial charge in [0.2, 0.25) is 9.04 Å². The third-order valence-electron chi connectivity index (χ3n) is 8.94. The molecule has 1 heterocycles. The van der Waals surface area contributed by atoms with Gasteiger partial charge in [0, 0.05) is 18.9 Å². The van der Waals surface area contributed by atoms with Crippen molar-refractivity contribution in [1.29, 1.82) is 0 Å². The minimum Gasteiger partial charge on any atom is -0.465 e. The number of benzene rings is 5. The lowest BCUT2D eigenvalue weighted by Crippen LogP contribution is -2.47. The first-order valence-electron chi connectivity index (χ1n) is 17.2. The van der Waals surface area contributed by atoms with E-state index in [1.807, 2.05) is 24.4 Å². The Balaban J connectivity index is 1.30. The summed E-state index contributed by atoms with van der Waals surface area (Å²) in [5, 5.41) is 2.37. The number of hydrogen-bond acceptors (Lipinski definition) is 5. The Labute approximate surface area is 305 Å². The van der Waals surface area contributed by atoms with E-state index in [9.17, 15) is 13.6 Å². The molecule has 0 saturated heterocycles. The molecule has 0 N–H and O–H groups in total. The predicted molar refractivity (Wildman–Crippen MR) is 202 cm³/mol. The summed E-state index contributed by atoms with van der Waals surface area (Å²) in [6.07, 6.45) is 2.79. The van der Waals surface area contributed by atoms with Gasteiger partial charge in [0.05, 0.1) is 19.3 Å². The van der Waals surface area contributed by atoms with Crippen molar-refractivity contribution in [3.05, 3.63) is 174 Å². The van der Waals surface area contributed by atoms with E-state index in [4.69, 9.17) is 18.9 Å². The SMILES string of the molecule is COC(=O)c1ccc(C(OCCn2ccnc2C(O[SiH](c2ccccc2)c2ccccc2)C(C)(C)C)c2ccc(F)cc2)cc1-c1ccc(F)cc1. The largest absolute Gasteiger partial charge is 0.465 e. The molecule has 6 rings (SSSR count). The molecule has 0 aliphatic rings. The molecule has 6 aromatic rings. The summed E-state index contributed by atoms with van der Waals surface area (Å²) in [5.74, 6) is -0.458. The maximum absolute atomic E-state index is 14.1. The van der Waals surface area contributed by atoms with Crippen molar-refractivity contribution in [1.82, 2.24) is 9.55 Å². The minimum absolute atomic E-state index is 0.283. The van der Waals surface area contributed by atoms with Crippen LogP contribution in [-0.4, -0.2) is 38.3 Å². The van der Waals surface area contributed by atoms with Crippen molar-refractivity contribution >= 4 is 25.4 Å². The zero-order chi connectivity index (χ0) is 36.7. The summed E-state index contributed by atoms with van der Waals surface area (Å²) in [6.45, 7) is 7.24. The second kappa shape index (κ2) is 16.4. The van der Waals surface area contributed by atoms with Gasteiger partial charge in [0.25, 0.3) is 0 Å². The highest BCUT2D eigenvalue weighted by Gasteiger charge is 2.35. The molecule has 52 heavy (non-hydrogen) atoms. The number of methoxy groups -OCH3 is 1. The van der Waals surface area contributed by atoms with Gasteiger partial charge < -0.3 is 18.5 Å². The first-order chi connectivity index (χ1) is 25.1. The Bertz CT molecular complexity index is 2030. The van der Waals surface area contributed by atoms with Crippen LogP contribution in [0.25, 0.3) is 11.1 Å². The van der Waals surface area contributed by atoms with Crippen molar-refractivity contribution < 1.29 is 27.5 Å². The van der Waals surface area contributed by atoms with Crippen LogP contribution in [-0.2, 0) is 20.4 Å². The number of hydrogen-bond donors (Lipinski definition) is 0. The van der Waals surface area contributed by atoms with Gasteiger partial charge in [0.1, 0.15) is 29.7 Å². The van der Waals surface area contributed by atoms with Crippen LogP contribution in [0.3, 0.4) is 0 Å². The third kappa shape index (κ3) is 8.62. The zero-order valence-electron chi connectivity index (χ0n) is 29.7. The highest BCUT2D eigenvalue weighted by Crippen LogP contribution is 2.37. The lowest BCUT2D eigenvalue weighted by molar-refractivity contribution is 0.0596. The molecule has 0 bridgehead atoms. The molecular weight excluding hydrogens is 675 g/mol. The van der Waals surface area contributed by atoms with Crippen molar-refractivity contribution in [2.45, 2.75) is 39.5 Å². The maximum Gasteiger partial charge on any atom is 0.338 e. The molecule has 0 spiro atoms. The maximum atomic E-state index is 14.1. The molecule has 1 aromatic heterocycles. The van der Waals surface area contributed by atoms with E-state index in [0.717, 1.165) is 17.0 Å². The Morgan fingerprint density at radius 1 is 0.788 bits per heavy atom. The summed E-state index contributed by atoms with van der Waals surface area (Å²) in [5.41, 5.74) is 2.73. The van der Waals surface area contributed by atoms with Gasteiger partial charge in [0.15, 0.2) is 0 Å². The van der Waals surface area contributed by atoms with E-state index in [1.165, 1.54) is 41.7 Å². The summed E-state index contributed by atoms with van der Waals surface area (Å²) in [4.78, 5) is 17.6. The smallest absolute Gasteiger partial charge is 0.338 e. The first kappa shape index (κ1) is 36.6. The first-order valence-corrected chi connectivity index (χ1v) is 18.9. The van der Waals surface area contributed by atoms with E-state index < -0.39 is 21.1 Å². The number of ether oxygens (including phenoxy) is 2. The molecule has 5 aromatic carbocycles. The monoisotopic (exact) mass is 716 g/mol. The van der Waals surface area contributed by atoms with E-state index in [2.05, 4.69) is 73.9 Å². The fourth-order valence-corrected chi connectivity index (χ4v) is 8.96. The summed E-state index contributed by atoms with van der Waals surface area (Å²) >= 11 is 0. The third-order valence-corrected chi connectivity index (χ3v) is 11.5. The summed E-state index contributed by atoms with van der Waals surface area (Å²) in [7, 11) is -0.801. The highest BCUT2D eigenvalue weighted by atomic mass is 28.3. The van der Waals surface area contributed by atoms with Crippen LogP contribution in [0.4, 0.5) is 8.78 Å². The van der Waals surface area contributed by atoms with Gasteiger partial charge >= 0.3 is 5.97 Å². The van der Waals surface area contributed by atoms with E-state index in [0.29, 0.717) is 23.2 Å². The fourth-order valence-electron chi connectivity index (χ4n) is 6.31. The molecule has 0 radical (unpaired) electrons. The van der Waals surface area contributed by atoms with Crippen LogP contribution >= 0.6 is 0 Å². The summed E-state index contributed by atoms with van der Waals surface area (Å²) < 4.78 is 48.8. The van der Waals surface area contributed by atoms with Crippen molar-refractivity contribution in [2.24, 2.45) is 5.41 Å². The average molecular weight is 717 g/mol. The quantitative estimate of drug-likeness (QED) is 0.0895. The molecule has 2 unspecified atom stereocenters. The number of esters is 1.